The van der Waals surface area contributed by atoms with Gasteiger partial charge in [0.25, 0.3) is 0 Å². The highest BCUT2D eigenvalue weighted by molar-refractivity contribution is 5.31. The van der Waals surface area contributed by atoms with Crippen LogP contribution in [0.15, 0.2) is 23.3 Å². The van der Waals surface area contributed by atoms with E-state index in [1.807, 2.05) is 0 Å². The van der Waals surface area contributed by atoms with Gasteiger partial charge in [0.1, 0.15) is 0 Å². The van der Waals surface area contributed by atoms with Crippen molar-refractivity contribution >= 4 is 0 Å². The van der Waals surface area contributed by atoms with E-state index in [1.165, 1.54) is 25.7 Å². The van der Waals surface area contributed by atoms with Gasteiger partial charge in [0.05, 0.1) is 0 Å². The van der Waals surface area contributed by atoms with Crippen LogP contribution in [0.25, 0.3) is 0 Å². The molecule has 0 heterocycles. The van der Waals surface area contributed by atoms with Crippen LogP contribution < -0.4 is 0 Å². The Bertz CT molecular complexity index is 196. The van der Waals surface area contributed by atoms with Crippen LogP contribution >= 0.6 is 0 Å². The summed E-state index contributed by atoms with van der Waals surface area (Å²) < 4.78 is 0. The summed E-state index contributed by atoms with van der Waals surface area (Å²) in [6.07, 6.45) is 10.2. The molecule has 2 aliphatic rings. The van der Waals surface area contributed by atoms with Gasteiger partial charge in [-0.1, -0.05) is 23.3 Å². The fraction of sp³-hybridized carbons (Fsp3) is 0.600. The molecule has 0 spiro atoms. The highest BCUT2D eigenvalue weighted by Crippen LogP contribution is 2.38. The first-order chi connectivity index (χ1) is 4.88. The van der Waals surface area contributed by atoms with Crippen LogP contribution in [0.1, 0.15) is 32.6 Å². The lowest BCUT2D eigenvalue weighted by Crippen LogP contribution is -2.00. The zero-order valence-corrected chi connectivity index (χ0v) is 6.56. The zero-order chi connectivity index (χ0) is 6.97. The van der Waals surface area contributed by atoms with Gasteiger partial charge in [-0.3, -0.25) is 0 Å². The quantitative estimate of drug-likeness (QED) is 0.477. The number of hydrogen-bond acceptors (Lipinski definition) is 0. The van der Waals surface area contributed by atoms with E-state index in [0.29, 0.717) is 0 Å². The Morgan fingerprint density at radius 2 is 2.40 bits per heavy atom. The molecule has 0 saturated heterocycles. The molecule has 10 heavy (non-hydrogen) atoms. The normalized spacial score (nSPS) is 31.1. The van der Waals surface area contributed by atoms with E-state index in [4.69, 9.17) is 0 Å². The molecule has 1 saturated carbocycles. The summed E-state index contributed by atoms with van der Waals surface area (Å²) in [6.45, 7) is 2.25. The minimum atomic E-state index is 0.935. The SMILES string of the molecule is CC1=C2CCCC2CC=C1. The lowest BCUT2D eigenvalue weighted by atomic mass is 9.90. The molecule has 0 aliphatic heterocycles. The largest absolute Gasteiger partial charge is 0.0837 e. The second-order valence-electron chi connectivity index (χ2n) is 3.44. The van der Waals surface area contributed by atoms with Crippen molar-refractivity contribution in [2.45, 2.75) is 32.6 Å². The van der Waals surface area contributed by atoms with E-state index in [-0.39, 0.29) is 0 Å². The highest BCUT2D eigenvalue weighted by atomic mass is 14.3. The molecule has 1 fully saturated rings. The molecule has 0 N–H and O–H groups in total. The van der Waals surface area contributed by atoms with Gasteiger partial charge in [0.2, 0.25) is 0 Å². The van der Waals surface area contributed by atoms with Gasteiger partial charge in [-0.2, -0.15) is 0 Å². The average Bonchev–Trinajstić information content (AvgIpc) is 2.36. The van der Waals surface area contributed by atoms with Crippen LogP contribution in [0.5, 0.6) is 0 Å². The second kappa shape index (κ2) is 2.26. The maximum absolute atomic E-state index is 2.33. The highest BCUT2D eigenvalue weighted by Gasteiger charge is 2.22. The molecular weight excluding hydrogens is 120 g/mol. The summed E-state index contributed by atoms with van der Waals surface area (Å²) in [6, 6.07) is 0. The maximum atomic E-state index is 2.33. The van der Waals surface area contributed by atoms with Crippen molar-refractivity contribution < 1.29 is 0 Å². The summed E-state index contributed by atoms with van der Waals surface area (Å²) in [5.74, 6) is 0.935. The van der Waals surface area contributed by atoms with Crippen LogP contribution in [-0.4, -0.2) is 0 Å². The first kappa shape index (κ1) is 6.21. The summed E-state index contributed by atoms with van der Waals surface area (Å²) in [4.78, 5) is 0. The maximum Gasteiger partial charge on any atom is -0.0163 e. The third-order valence-corrected chi connectivity index (χ3v) is 2.79. The Kier molecular flexibility index (Phi) is 1.40. The molecule has 0 aromatic carbocycles. The molecule has 0 heteroatoms. The molecule has 2 aliphatic carbocycles. The van der Waals surface area contributed by atoms with Gasteiger partial charge in [-0.15, -0.1) is 0 Å². The fourth-order valence-corrected chi connectivity index (χ4v) is 2.21. The molecular formula is C10H14. The van der Waals surface area contributed by atoms with Crippen LogP contribution in [0.3, 0.4) is 0 Å². The average molecular weight is 134 g/mol. The van der Waals surface area contributed by atoms with Gasteiger partial charge in [-0.25, -0.2) is 0 Å². The third kappa shape index (κ3) is 0.828. The van der Waals surface area contributed by atoms with Gasteiger partial charge in [-0.05, 0) is 38.5 Å². The Hall–Kier alpha value is -0.520. The fourth-order valence-electron chi connectivity index (χ4n) is 2.21. The van der Waals surface area contributed by atoms with Gasteiger partial charge in [0.15, 0.2) is 0 Å². The Labute approximate surface area is 62.6 Å². The van der Waals surface area contributed by atoms with Crippen molar-refractivity contribution in [3.63, 3.8) is 0 Å². The molecule has 1 atom stereocenters. The van der Waals surface area contributed by atoms with Crippen molar-refractivity contribution in [3.05, 3.63) is 23.3 Å². The predicted octanol–water partition coefficient (Wildman–Crippen LogP) is 3.06. The van der Waals surface area contributed by atoms with E-state index in [2.05, 4.69) is 19.1 Å². The van der Waals surface area contributed by atoms with Gasteiger partial charge in [0, 0.05) is 0 Å². The van der Waals surface area contributed by atoms with Crippen molar-refractivity contribution in [2.75, 3.05) is 0 Å². The van der Waals surface area contributed by atoms with E-state index in [1.54, 1.807) is 11.1 Å². The first-order valence-electron chi connectivity index (χ1n) is 4.24. The van der Waals surface area contributed by atoms with E-state index in [0.717, 1.165) is 5.92 Å². The molecule has 1 unspecified atom stereocenters. The molecule has 0 nitrogen and oxygen atoms in total. The van der Waals surface area contributed by atoms with Crippen molar-refractivity contribution in [1.82, 2.24) is 0 Å². The van der Waals surface area contributed by atoms with Crippen molar-refractivity contribution in [2.24, 2.45) is 5.92 Å². The van der Waals surface area contributed by atoms with Crippen LogP contribution in [0.4, 0.5) is 0 Å². The number of fused-ring (bicyclic) bond motifs is 1. The number of rotatable bonds is 0. The minimum Gasteiger partial charge on any atom is -0.0837 e. The lowest BCUT2D eigenvalue weighted by Gasteiger charge is -2.15. The van der Waals surface area contributed by atoms with E-state index < -0.39 is 0 Å². The topological polar surface area (TPSA) is 0 Å². The predicted molar refractivity (Wildman–Crippen MR) is 43.8 cm³/mol. The standard InChI is InChI=1S/C10H14/c1-8-4-2-5-9-6-3-7-10(8)9/h2,4,9H,3,5-7H2,1H3. The number of hydrogen-bond donors (Lipinski definition) is 0. The van der Waals surface area contributed by atoms with Crippen LogP contribution in [-0.2, 0) is 0 Å². The van der Waals surface area contributed by atoms with Gasteiger partial charge < -0.3 is 0 Å². The zero-order valence-electron chi connectivity index (χ0n) is 6.56. The third-order valence-electron chi connectivity index (χ3n) is 2.79. The molecule has 0 radical (unpaired) electrons. The first-order valence-corrected chi connectivity index (χ1v) is 4.24. The summed E-state index contributed by atoms with van der Waals surface area (Å²) in [7, 11) is 0. The summed E-state index contributed by atoms with van der Waals surface area (Å²) >= 11 is 0. The van der Waals surface area contributed by atoms with Crippen LogP contribution in [0.2, 0.25) is 0 Å². The van der Waals surface area contributed by atoms with Crippen LogP contribution in [0, 0.1) is 5.92 Å². The molecule has 0 bridgehead atoms. The molecule has 0 aromatic heterocycles. The Morgan fingerprint density at radius 1 is 1.50 bits per heavy atom. The second-order valence-corrected chi connectivity index (χ2v) is 3.44. The monoisotopic (exact) mass is 134 g/mol. The van der Waals surface area contributed by atoms with Gasteiger partial charge >= 0.3 is 0 Å². The summed E-state index contributed by atoms with van der Waals surface area (Å²) in [5, 5.41) is 0. The molecule has 0 aromatic rings. The molecule has 2 rings (SSSR count). The minimum absolute atomic E-state index is 0.935. The van der Waals surface area contributed by atoms with Crippen molar-refractivity contribution in [1.29, 1.82) is 0 Å². The smallest absolute Gasteiger partial charge is 0.0163 e. The van der Waals surface area contributed by atoms with E-state index in [9.17, 15) is 0 Å². The Morgan fingerprint density at radius 3 is 3.20 bits per heavy atom. The Balaban J connectivity index is 2.32. The molecule has 54 valence electrons. The molecule has 0 amide bonds. The van der Waals surface area contributed by atoms with E-state index >= 15 is 0 Å². The number of allylic oxidation sites excluding steroid dienone is 4. The van der Waals surface area contributed by atoms with Crippen molar-refractivity contribution in [3.8, 4) is 0 Å². The lowest BCUT2D eigenvalue weighted by molar-refractivity contribution is 0.628. The summed E-state index contributed by atoms with van der Waals surface area (Å²) in [5.41, 5.74) is 3.30.